The number of anilines is 1. The first-order chi connectivity index (χ1) is 8.74. The molecule has 18 heavy (non-hydrogen) atoms. The number of rotatable bonds is 8. The van der Waals surface area contributed by atoms with Crippen molar-refractivity contribution in [2.75, 3.05) is 18.5 Å². The van der Waals surface area contributed by atoms with Crippen molar-refractivity contribution >= 4 is 34.2 Å². The summed E-state index contributed by atoms with van der Waals surface area (Å²) < 4.78 is 6.12. The lowest BCUT2D eigenvalue weighted by molar-refractivity contribution is -0.143. The highest BCUT2D eigenvalue weighted by atomic mass is 127. The SMILES string of the molecule is CCOC(=O)CCCCCNc1ccccc1I. The number of benzene rings is 1. The molecule has 0 unspecified atom stereocenters. The molecule has 1 N–H and O–H groups in total. The Kier molecular flexibility index (Phi) is 7.80. The normalized spacial score (nSPS) is 10.1. The number of hydrogen-bond donors (Lipinski definition) is 1. The Hall–Kier alpha value is -0.780. The lowest BCUT2D eigenvalue weighted by Gasteiger charge is -2.08. The number of esters is 1. The van der Waals surface area contributed by atoms with E-state index in [9.17, 15) is 4.79 Å². The molecule has 4 heteroatoms. The van der Waals surface area contributed by atoms with Gasteiger partial charge in [-0.25, -0.2) is 0 Å². The molecule has 3 nitrogen and oxygen atoms in total. The standard InChI is InChI=1S/C14H20INO2/c1-2-18-14(17)10-4-3-7-11-16-13-9-6-5-8-12(13)15/h5-6,8-9,16H,2-4,7,10-11H2,1H3. The summed E-state index contributed by atoms with van der Waals surface area (Å²) in [5, 5.41) is 3.40. The first-order valence-electron chi connectivity index (χ1n) is 6.38. The van der Waals surface area contributed by atoms with Gasteiger partial charge < -0.3 is 10.1 Å². The fraction of sp³-hybridized carbons (Fsp3) is 0.500. The summed E-state index contributed by atoms with van der Waals surface area (Å²) in [6.07, 6.45) is 3.57. The summed E-state index contributed by atoms with van der Waals surface area (Å²) in [4.78, 5) is 11.1. The second kappa shape index (κ2) is 9.19. The molecule has 0 aliphatic heterocycles. The maximum atomic E-state index is 11.1. The van der Waals surface area contributed by atoms with E-state index in [1.165, 1.54) is 9.26 Å². The van der Waals surface area contributed by atoms with Gasteiger partial charge in [-0.15, -0.1) is 0 Å². The minimum atomic E-state index is -0.0805. The Morgan fingerprint density at radius 2 is 2.06 bits per heavy atom. The number of carbonyl (C=O) groups excluding carboxylic acids is 1. The van der Waals surface area contributed by atoms with E-state index in [1.54, 1.807) is 0 Å². The number of ether oxygens (including phenoxy) is 1. The third-order valence-electron chi connectivity index (χ3n) is 2.55. The van der Waals surface area contributed by atoms with Crippen LogP contribution < -0.4 is 5.32 Å². The monoisotopic (exact) mass is 361 g/mol. The minimum absolute atomic E-state index is 0.0805. The number of carbonyl (C=O) groups is 1. The Balaban J connectivity index is 2.06. The molecule has 1 aromatic rings. The van der Waals surface area contributed by atoms with Crippen LogP contribution in [0.5, 0.6) is 0 Å². The zero-order valence-electron chi connectivity index (χ0n) is 10.7. The van der Waals surface area contributed by atoms with E-state index in [4.69, 9.17) is 4.74 Å². The van der Waals surface area contributed by atoms with Crippen molar-refractivity contribution in [3.8, 4) is 0 Å². The summed E-state index contributed by atoms with van der Waals surface area (Å²) in [5.74, 6) is -0.0805. The van der Waals surface area contributed by atoms with E-state index in [1.807, 2.05) is 19.1 Å². The van der Waals surface area contributed by atoms with Crippen molar-refractivity contribution in [3.63, 3.8) is 0 Å². The maximum absolute atomic E-state index is 11.1. The van der Waals surface area contributed by atoms with Crippen molar-refractivity contribution in [1.29, 1.82) is 0 Å². The van der Waals surface area contributed by atoms with Gasteiger partial charge in [0.2, 0.25) is 0 Å². The highest BCUT2D eigenvalue weighted by Gasteiger charge is 2.01. The topological polar surface area (TPSA) is 38.3 Å². The van der Waals surface area contributed by atoms with Crippen molar-refractivity contribution in [2.45, 2.75) is 32.6 Å². The molecule has 0 saturated heterocycles. The summed E-state index contributed by atoms with van der Waals surface area (Å²) in [6.45, 7) is 3.26. The highest BCUT2D eigenvalue weighted by molar-refractivity contribution is 14.1. The van der Waals surface area contributed by atoms with Crippen LogP contribution in [-0.4, -0.2) is 19.1 Å². The van der Waals surface area contributed by atoms with Crippen molar-refractivity contribution < 1.29 is 9.53 Å². The quantitative estimate of drug-likeness (QED) is 0.435. The van der Waals surface area contributed by atoms with Gasteiger partial charge >= 0.3 is 5.97 Å². The van der Waals surface area contributed by atoms with Gasteiger partial charge in [0.15, 0.2) is 0 Å². The van der Waals surface area contributed by atoms with Crippen molar-refractivity contribution in [3.05, 3.63) is 27.8 Å². The Morgan fingerprint density at radius 3 is 2.78 bits per heavy atom. The van der Waals surface area contributed by atoms with Crippen molar-refractivity contribution in [1.82, 2.24) is 0 Å². The van der Waals surface area contributed by atoms with Crippen LogP contribution in [0.15, 0.2) is 24.3 Å². The average Bonchev–Trinajstić information content (AvgIpc) is 2.36. The van der Waals surface area contributed by atoms with Crippen LogP contribution in [-0.2, 0) is 9.53 Å². The molecule has 0 amide bonds. The van der Waals surface area contributed by atoms with Crippen molar-refractivity contribution in [2.24, 2.45) is 0 Å². The van der Waals surface area contributed by atoms with Crippen LogP contribution in [0, 0.1) is 3.57 Å². The Bertz CT molecular complexity index is 369. The maximum Gasteiger partial charge on any atom is 0.305 e. The second-order valence-electron chi connectivity index (χ2n) is 4.02. The molecule has 0 fully saturated rings. The first-order valence-corrected chi connectivity index (χ1v) is 7.46. The number of nitrogens with one attached hydrogen (secondary N) is 1. The molecular formula is C14H20INO2. The third-order valence-corrected chi connectivity index (χ3v) is 3.49. The van der Waals surface area contributed by atoms with E-state index >= 15 is 0 Å². The smallest absolute Gasteiger partial charge is 0.305 e. The van der Waals surface area contributed by atoms with Crippen LogP contribution in [0.3, 0.4) is 0 Å². The zero-order valence-corrected chi connectivity index (χ0v) is 12.9. The molecule has 0 spiro atoms. The molecule has 100 valence electrons. The number of hydrogen-bond acceptors (Lipinski definition) is 3. The van der Waals surface area contributed by atoms with Gasteiger partial charge in [-0.3, -0.25) is 4.79 Å². The lowest BCUT2D eigenvalue weighted by atomic mass is 10.2. The van der Waals surface area contributed by atoms with E-state index in [-0.39, 0.29) is 5.97 Å². The minimum Gasteiger partial charge on any atom is -0.466 e. The molecule has 0 heterocycles. The lowest BCUT2D eigenvalue weighted by Crippen LogP contribution is -2.05. The summed E-state index contributed by atoms with van der Waals surface area (Å²) in [6, 6.07) is 8.24. The van der Waals surface area contributed by atoms with Gasteiger partial charge in [-0.1, -0.05) is 18.6 Å². The molecule has 0 aliphatic carbocycles. The zero-order chi connectivity index (χ0) is 13.2. The van der Waals surface area contributed by atoms with Gasteiger partial charge in [0.25, 0.3) is 0 Å². The molecule has 0 aliphatic rings. The molecule has 1 rings (SSSR count). The predicted octanol–water partition coefficient (Wildman–Crippen LogP) is 3.83. The largest absolute Gasteiger partial charge is 0.466 e. The van der Waals surface area contributed by atoms with Crippen LogP contribution >= 0.6 is 22.6 Å². The summed E-state index contributed by atoms with van der Waals surface area (Å²) >= 11 is 2.32. The van der Waals surface area contributed by atoms with Crippen LogP contribution in [0.4, 0.5) is 5.69 Å². The van der Waals surface area contributed by atoms with E-state index in [0.29, 0.717) is 13.0 Å². The van der Waals surface area contributed by atoms with Crippen LogP contribution in [0.25, 0.3) is 0 Å². The molecule has 1 aromatic carbocycles. The van der Waals surface area contributed by atoms with Gasteiger partial charge in [0.05, 0.1) is 6.61 Å². The summed E-state index contributed by atoms with van der Waals surface area (Å²) in [7, 11) is 0. The fourth-order valence-corrected chi connectivity index (χ4v) is 2.21. The van der Waals surface area contributed by atoms with Gasteiger partial charge in [-0.2, -0.15) is 0 Å². The molecular weight excluding hydrogens is 341 g/mol. The number of unbranched alkanes of at least 4 members (excludes halogenated alkanes) is 2. The fourth-order valence-electron chi connectivity index (χ4n) is 1.63. The Morgan fingerprint density at radius 1 is 1.28 bits per heavy atom. The average molecular weight is 361 g/mol. The molecule has 0 radical (unpaired) electrons. The second-order valence-corrected chi connectivity index (χ2v) is 5.18. The predicted molar refractivity (Wildman–Crippen MR) is 82.7 cm³/mol. The number of para-hydroxylation sites is 1. The third kappa shape index (κ3) is 6.23. The molecule has 0 bridgehead atoms. The molecule has 0 atom stereocenters. The summed E-state index contributed by atoms with van der Waals surface area (Å²) in [5.41, 5.74) is 1.18. The Labute approximate surface area is 122 Å². The first kappa shape index (κ1) is 15.3. The van der Waals surface area contributed by atoms with E-state index in [0.717, 1.165) is 25.8 Å². The molecule has 0 saturated carbocycles. The van der Waals surface area contributed by atoms with Crippen LogP contribution in [0.2, 0.25) is 0 Å². The van der Waals surface area contributed by atoms with Gasteiger partial charge in [0, 0.05) is 22.2 Å². The van der Waals surface area contributed by atoms with Gasteiger partial charge in [-0.05, 0) is 54.5 Å². The van der Waals surface area contributed by atoms with Gasteiger partial charge in [0.1, 0.15) is 0 Å². The molecule has 0 aromatic heterocycles. The highest BCUT2D eigenvalue weighted by Crippen LogP contribution is 2.16. The number of halogens is 1. The van der Waals surface area contributed by atoms with E-state index in [2.05, 4.69) is 40.0 Å². The van der Waals surface area contributed by atoms with E-state index < -0.39 is 0 Å². The van der Waals surface area contributed by atoms with Crippen LogP contribution in [0.1, 0.15) is 32.6 Å².